The number of pyridine rings is 1. The minimum absolute atomic E-state index is 0.718. The topological polar surface area (TPSA) is 58.9 Å². The average Bonchev–Trinajstić information content (AvgIpc) is 3.23. The predicted molar refractivity (Wildman–Crippen MR) is 110 cm³/mol. The number of nitrogens with one attached hydrogen (secondary N) is 1. The Morgan fingerprint density at radius 2 is 1.85 bits per heavy atom. The van der Waals surface area contributed by atoms with E-state index in [1.807, 2.05) is 24.3 Å². The molecule has 1 N–H and O–H groups in total. The van der Waals surface area contributed by atoms with Gasteiger partial charge in [0.25, 0.3) is 0 Å². The molecule has 0 amide bonds. The van der Waals surface area contributed by atoms with Crippen LogP contribution in [0.15, 0.2) is 47.6 Å². The lowest BCUT2D eigenvalue weighted by Gasteiger charge is -2.11. The molecule has 0 saturated carbocycles. The van der Waals surface area contributed by atoms with Gasteiger partial charge in [0.2, 0.25) is 0 Å². The Kier molecular flexibility index (Phi) is 3.68. The fourth-order valence-corrected chi connectivity index (χ4v) is 4.53. The molecule has 0 atom stereocenters. The third-order valence-corrected chi connectivity index (χ3v) is 5.81. The van der Waals surface area contributed by atoms with Gasteiger partial charge in [-0.25, -0.2) is 4.98 Å². The molecule has 5 nitrogen and oxygen atoms in total. The molecule has 6 heteroatoms. The molecular formula is C21H19N5S. The number of rotatable bonds is 3. The van der Waals surface area contributed by atoms with Gasteiger partial charge in [-0.15, -0.1) is 10.2 Å². The molecule has 0 fully saturated rings. The summed E-state index contributed by atoms with van der Waals surface area (Å²) < 4.78 is 2.17. The standard InChI is InChI=1S/C21H19N5S/c1-12-8-14(3)20-15(9-12)13(2)10-19-24-25-21(26(19)20)27-11-18-22-16-6-4-5-7-17(16)23-18/h4-10H,11H2,1-3H3,(H,22,23). The monoisotopic (exact) mass is 373 g/mol. The smallest absolute Gasteiger partial charge is 0.196 e. The highest BCUT2D eigenvalue weighted by atomic mass is 32.2. The summed E-state index contributed by atoms with van der Waals surface area (Å²) in [6.45, 7) is 6.43. The average molecular weight is 373 g/mol. The summed E-state index contributed by atoms with van der Waals surface area (Å²) >= 11 is 1.65. The molecule has 0 bridgehead atoms. The highest BCUT2D eigenvalue weighted by molar-refractivity contribution is 7.98. The number of thioether (sulfide) groups is 1. The molecule has 5 aromatic rings. The van der Waals surface area contributed by atoms with Gasteiger partial charge in [0.15, 0.2) is 10.8 Å². The molecular weight excluding hydrogens is 354 g/mol. The van der Waals surface area contributed by atoms with Crippen molar-refractivity contribution < 1.29 is 0 Å². The van der Waals surface area contributed by atoms with E-state index in [1.165, 1.54) is 27.6 Å². The zero-order valence-corrected chi connectivity index (χ0v) is 16.3. The van der Waals surface area contributed by atoms with Crippen molar-refractivity contribution in [3.05, 3.63) is 65.0 Å². The largest absolute Gasteiger partial charge is 0.341 e. The van der Waals surface area contributed by atoms with Gasteiger partial charge in [-0.05, 0) is 56.2 Å². The second-order valence-corrected chi connectivity index (χ2v) is 7.91. The molecule has 0 aliphatic heterocycles. The van der Waals surface area contributed by atoms with Crippen LogP contribution >= 0.6 is 11.8 Å². The molecule has 0 spiro atoms. The van der Waals surface area contributed by atoms with Gasteiger partial charge in [-0.3, -0.25) is 4.40 Å². The van der Waals surface area contributed by atoms with Gasteiger partial charge < -0.3 is 4.98 Å². The van der Waals surface area contributed by atoms with Crippen LogP contribution in [0.3, 0.4) is 0 Å². The fourth-order valence-electron chi connectivity index (χ4n) is 3.71. The van der Waals surface area contributed by atoms with Crippen LogP contribution in [-0.2, 0) is 5.75 Å². The van der Waals surface area contributed by atoms with E-state index >= 15 is 0 Å². The first-order chi connectivity index (χ1) is 13.1. The van der Waals surface area contributed by atoms with E-state index in [-0.39, 0.29) is 0 Å². The Hall–Kier alpha value is -2.86. The summed E-state index contributed by atoms with van der Waals surface area (Å²) in [5, 5.41) is 11.0. The maximum Gasteiger partial charge on any atom is 0.196 e. The number of H-pyrrole nitrogens is 1. The first kappa shape index (κ1) is 16.3. The number of aromatic amines is 1. The number of hydrogen-bond acceptors (Lipinski definition) is 4. The van der Waals surface area contributed by atoms with Crippen molar-refractivity contribution in [1.82, 2.24) is 24.6 Å². The molecule has 3 heterocycles. The Morgan fingerprint density at radius 3 is 2.70 bits per heavy atom. The summed E-state index contributed by atoms with van der Waals surface area (Å²) in [5.74, 6) is 1.66. The first-order valence-electron chi connectivity index (χ1n) is 8.92. The number of aryl methyl sites for hydroxylation is 3. The van der Waals surface area contributed by atoms with Crippen LogP contribution < -0.4 is 0 Å². The molecule has 2 aromatic carbocycles. The van der Waals surface area contributed by atoms with Crippen molar-refractivity contribution in [1.29, 1.82) is 0 Å². The molecule has 27 heavy (non-hydrogen) atoms. The van der Waals surface area contributed by atoms with Crippen molar-refractivity contribution in [3.8, 4) is 0 Å². The highest BCUT2D eigenvalue weighted by Gasteiger charge is 2.14. The fraction of sp³-hybridized carbons (Fsp3) is 0.190. The second-order valence-electron chi connectivity index (χ2n) is 6.97. The van der Waals surface area contributed by atoms with Gasteiger partial charge in [-0.2, -0.15) is 0 Å². The minimum Gasteiger partial charge on any atom is -0.341 e. The molecule has 134 valence electrons. The van der Waals surface area contributed by atoms with Crippen LogP contribution in [0, 0.1) is 20.8 Å². The first-order valence-corrected chi connectivity index (χ1v) is 9.91. The van der Waals surface area contributed by atoms with Crippen molar-refractivity contribution in [3.63, 3.8) is 0 Å². The normalized spacial score (nSPS) is 11.8. The summed E-state index contributed by atoms with van der Waals surface area (Å²) in [6, 6.07) is 14.7. The van der Waals surface area contributed by atoms with E-state index in [2.05, 4.69) is 63.5 Å². The number of aromatic nitrogens is 5. The lowest BCUT2D eigenvalue weighted by molar-refractivity contribution is 0.935. The second kappa shape index (κ2) is 6.09. The Balaban J connectivity index is 1.60. The van der Waals surface area contributed by atoms with Crippen molar-refractivity contribution in [2.75, 3.05) is 0 Å². The number of imidazole rings is 1. The molecule has 0 aliphatic carbocycles. The van der Waals surface area contributed by atoms with Crippen molar-refractivity contribution >= 4 is 39.3 Å². The summed E-state index contributed by atoms with van der Waals surface area (Å²) in [7, 11) is 0. The third kappa shape index (κ3) is 2.68. The van der Waals surface area contributed by atoms with Gasteiger partial charge in [0, 0.05) is 5.39 Å². The van der Waals surface area contributed by atoms with Crippen LogP contribution in [0.4, 0.5) is 0 Å². The van der Waals surface area contributed by atoms with Crippen LogP contribution in [0.2, 0.25) is 0 Å². The van der Waals surface area contributed by atoms with E-state index in [4.69, 9.17) is 0 Å². The summed E-state index contributed by atoms with van der Waals surface area (Å²) in [6.07, 6.45) is 0. The summed E-state index contributed by atoms with van der Waals surface area (Å²) in [5.41, 5.74) is 7.87. The number of fused-ring (bicyclic) bond motifs is 4. The van der Waals surface area contributed by atoms with Gasteiger partial charge in [-0.1, -0.05) is 35.5 Å². The van der Waals surface area contributed by atoms with Gasteiger partial charge in [0.1, 0.15) is 5.82 Å². The van der Waals surface area contributed by atoms with Crippen LogP contribution in [0.5, 0.6) is 0 Å². The predicted octanol–water partition coefficient (Wildman–Crippen LogP) is 4.98. The zero-order valence-electron chi connectivity index (χ0n) is 15.4. The Morgan fingerprint density at radius 1 is 1.00 bits per heavy atom. The molecule has 0 saturated heterocycles. The minimum atomic E-state index is 0.718. The van der Waals surface area contributed by atoms with E-state index < -0.39 is 0 Å². The van der Waals surface area contributed by atoms with E-state index in [1.54, 1.807) is 11.8 Å². The van der Waals surface area contributed by atoms with E-state index in [0.717, 1.165) is 33.4 Å². The zero-order chi connectivity index (χ0) is 18.5. The third-order valence-electron chi connectivity index (χ3n) is 4.87. The number of benzene rings is 2. The lowest BCUT2D eigenvalue weighted by atomic mass is 10.0. The van der Waals surface area contributed by atoms with Gasteiger partial charge in [0.05, 0.1) is 22.3 Å². The van der Waals surface area contributed by atoms with E-state index in [9.17, 15) is 0 Å². The Labute approximate surface area is 160 Å². The maximum absolute atomic E-state index is 4.66. The molecule has 0 radical (unpaired) electrons. The van der Waals surface area contributed by atoms with Crippen LogP contribution in [-0.4, -0.2) is 24.6 Å². The lowest BCUT2D eigenvalue weighted by Crippen LogP contribution is -1.97. The molecule has 0 unspecified atom stereocenters. The van der Waals surface area contributed by atoms with Gasteiger partial charge >= 0.3 is 0 Å². The highest BCUT2D eigenvalue weighted by Crippen LogP contribution is 2.30. The quantitative estimate of drug-likeness (QED) is 0.453. The molecule has 5 rings (SSSR count). The number of hydrogen-bond donors (Lipinski definition) is 1. The maximum atomic E-state index is 4.66. The SMILES string of the molecule is Cc1cc(C)c2c(c1)c(C)cc1nnc(SCc3nc4ccccc4[nH]3)n12. The number of para-hydroxylation sites is 2. The van der Waals surface area contributed by atoms with E-state index in [0.29, 0.717) is 0 Å². The number of nitrogens with zero attached hydrogens (tertiary/aromatic N) is 4. The van der Waals surface area contributed by atoms with Crippen molar-refractivity contribution in [2.45, 2.75) is 31.7 Å². The van der Waals surface area contributed by atoms with Crippen molar-refractivity contribution in [2.24, 2.45) is 0 Å². The van der Waals surface area contributed by atoms with Crippen LogP contribution in [0.25, 0.3) is 27.6 Å². The Bertz CT molecular complexity index is 1280. The van der Waals surface area contributed by atoms with Crippen LogP contribution in [0.1, 0.15) is 22.5 Å². The molecule has 0 aliphatic rings. The molecule has 3 aromatic heterocycles. The summed E-state index contributed by atoms with van der Waals surface area (Å²) in [4.78, 5) is 8.05.